The van der Waals surface area contributed by atoms with Gasteiger partial charge in [0.2, 0.25) is 0 Å². The Morgan fingerprint density at radius 1 is 1.30 bits per heavy atom. The summed E-state index contributed by atoms with van der Waals surface area (Å²) in [6, 6.07) is 6.71. The first-order valence-electron chi connectivity index (χ1n) is 6.70. The van der Waals surface area contributed by atoms with Crippen molar-refractivity contribution < 1.29 is 19.1 Å². The second-order valence-corrected chi connectivity index (χ2v) is 5.00. The lowest BCUT2D eigenvalue weighted by molar-refractivity contribution is -0.123. The lowest BCUT2D eigenvalue weighted by Crippen LogP contribution is -2.37. The van der Waals surface area contributed by atoms with E-state index < -0.39 is 5.97 Å². The summed E-state index contributed by atoms with van der Waals surface area (Å²) in [4.78, 5) is 22.9. The van der Waals surface area contributed by atoms with Crippen LogP contribution in [0.15, 0.2) is 24.3 Å². The number of hydrogen-bond acceptors (Lipinski definition) is 4. The fourth-order valence-corrected chi connectivity index (χ4v) is 1.96. The molecule has 20 heavy (non-hydrogen) atoms. The average molecular weight is 277 g/mol. The van der Waals surface area contributed by atoms with Crippen LogP contribution in [0.2, 0.25) is 0 Å². The molecule has 1 aromatic carbocycles. The minimum Gasteiger partial charge on any atom is -0.484 e. The maximum atomic E-state index is 11.7. The van der Waals surface area contributed by atoms with E-state index in [0.29, 0.717) is 17.2 Å². The summed E-state index contributed by atoms with van der Waals surface area (Å²) < 4.78 is 9.98. The molecule has 5 nitrogen and oxygen atoms in total. The molecule has 0 spiro atoms. The molecule has 5 heteroatoms. The van der Waals surface area contributed by atoms with Gasteiger partial charge in [0, 0.05) is 6.04 Å². The van der Waals surface area contributed by atoms with Gasteiger partial charge in [0.1, 0.15) is 5.75 Å². The summed E-state index contributed by atoms with van der Waals surface area (Å²) in [6.45, 7) is 2.00. The molecule has 0 heterocycles. The van der Waals surface area contributed by atoms with Crippen LogP contribution in [0.1, 0.15) is 30.1 Å². The highest BCUT2D eigenvalue weighted by atomic mass is 16.5. The fraction of sp³-hybridized carbons (Fsp3) is 0.467. The smallest absolute Gasteiger partial charge is 0.337 e. The summed E-state index contributed by atoms with van der Waals surface area (Å²) in [7, 11) is 1.33. The number of carbonyl (C=O) groups is 2. The van der Waals surface area contributed by atoms with E-state index in [2.05, 4.69) is 10.1 Å². The normalized spacial score (nSPS) is 15.3. The van der Waals surface area contributed by atoms with Gasteiger partial charge in [-0.15, -0.1) is 0 Å². The number of esters is 1. The molecule has 2 rings (SSSR count). The van der Waals surface area contributed by atoms with Gasteiger partial charge >= 0.3 is 5.97 Å². The molecule has 1 aliphatic rings. The highest BCUT2D eigenvalue weighted by molar-refractivity contribution is 5.89. The van der Waals surface area contributed by atoms with Gasteiger partial charge < -0.3 is 14.8 Å². The highest BCUT2D eigenvalue weighted by Crippen LogP contribution is 2.32. The molecule has 108 valence electrons. The fourth-order valence-electron chi connectivity index (χ4n) is 1.96. The molecule has 1 amide bonds. The summed E-state index contributed by atoms with van der Waals surface area (Å²) in [6.07, 6.45) is 2.38. The van der Waals surface area contributed by atoms with Crippen LogP contribution in [0.25, 0.3) is 0 Å². The molecule has 1 aliphatic carbocycles. The number of nitrogens with one attached hydrogen (secondary N) is 1. The van der Waals surface area contributed by atoms with Crippen LogP contribution in [0.4, 0.5) is 0 Å². The predicted molar refractivity (Wildman–Crippen MR) is 73.6 cm³/mol. The Hall–Kier alpha value is -2.04. The Morgan fingerprint density at radius 3 is 2.50 bits per heavy atom. The predicted octanol–water partition coefficient (Wildman–Crippen LogP) is 1.77. The van der Waals surface area contributed by atoms with E-state index in [0.717, 1.165) is 0 Å². The lowest BCUT2D eigenvalue weighted by Gasteiger charge is -2.13. The van der Waals surface area contributed by atoms with Gasteiger partial charge in [-0.25, -0.2) is 4.79 Å². The maximum absolute atomic E-state index is 11.7. The lowest BCUT2D eigenvalue weighted by atomic mass is 10.2. The van der Waals surface area contributed by atoms with Gasteiger partial charge in [-0.3, -0.25) is 4.79 Å². The van der Waals surface area contributed by atoms with E-state index in [1.165, 1.54) is 20.0 Å². The van der Waals surface area contributed by atoms with Crippen molar-refractivity contribution in [3.63, 3.8) is 0 Å². The molecule has 0 aromatic heterocycles. The van der Waals surface area contributed by atoms with Gasteiger partial charge in [0.05, 0.1) is 12.7 Å². The van der Waals surface area contributed by atoms with Gasteiger partial charge in [-0.2, -0.15) is 0 Å². The zero-order chi connectivity index (χ0) is 14.5. The third-order valence-corrected chi connectivity index (χ3v) is 3.36. The zero-order valence-corrected chi connectivity index (χ0v) is 11.7. The van der Waals surface area contributed by atoms with Gasteiger partial charge in [-0.1, -0.05) is 0 Å². The minimum absolute atomic E-state index is 0.0192. The monoisotopic (exact) mass is 277 g/mol. The second kappa shape index (κ2) is 6.41. The minimum atomic E-state index is -0.396. The number of rotatable bonds is 6. The molecule has 1 fully saturated rings. The SMILES string of the molecule is COC(=O)c1ccc(OCC(=O)N[C@@H](C)C2CC2)cc1. The highest BCUT2D eigenvalue weighted by Gasteiger charge is 2.28. The van der Waals surface area contributed by atoms with Gasteiger partial charge in [0.15, 0.2) is 6.61 Å². The number of carbonyl (C=O) groups excluding carboxylic acids is 2. The zero-order valence-electron chi connectivity index (χ0n) is 11.7. The van der Waals surface area contributed by atoms with Crippen molar-refractivity contribution >= 4 is 11.9 Å². The van der Waals surface area contributed by atoms with E-state index in [4.69, 9.17) is 4.74 Å². The van der Waals surface area contributed by atoms with Crippen LogP contribution < -0.4 is 10.1 Å². The first-order chi connectivity index (χ1) is 9.60. The molecule has 1 aromatic rings. The molecule has 0 saturated heterocycles. The largest absolute Gasteiger partial charge is 0.484 e. The van der Waals surface area contributed by atoms with Crippen molar-refractivity contribution in [1.29, 1.82) is 0 Å². The standard InChI is InChI=1S/C15H19NO4/c1-10(11-3-4-11)16-14(17)9-20-13-7-5-12(6-8-13)15(18)19-2/h5-8,10-11H,3-4,9H2,1-2H3,(H,16,17)/t10-/m0/s1. The number of benzene rings is 1. The Kier molecular flexibility index (Phi) is 4.61. The number of ether oxygens (including phenoxy) is 2. The summed E-state index contributed by atoms with van der Waals surface area (Å²) >= 11 is 0. The van der Waals surface area contributed by atoms with Crippen LogP contribution in [-0.2, 0) is 9.53 Å². The first-order valence-corrected chi connectivity index (χ1v) is 6.70. The van der Waals surface area contributed by atoms with Crippen LogP contribution in [0.3, 0.4) is 0 Å². The molecule has 0 aliphatic heterocycles. The molecule has 0 radical (unpaired) electrons. The van der Waals surface area contributed by atoms with E-state index in [1.807, 2.05) is 6.92 Å². The molecular weight excluding hydrogens is 258 g/mol. The van der Waals surface area contributed by atoms with Crippen LogP contribution in [0, 0.1) is 5.92 Å². The Labute approximate surface area is 118 Å². The summed E-state index contributed by atoms with van der Waals surface area (Å²) in [5.41, 5.74) is 0.451. The van der Waals surface area contributed by atoms with E-state index >= 15 is 0 Å². The van der Waals surface area contributed by atoms with Crippen molar-refractivity contribution in [2.24, 2.45) is 5.92 Å². The van der Waals surface area contributed by atoms with Crippen LogP contribution >= 0.6 is 0 Å². The van der Waals surface area contributed by atoms with Crippen LogP contribution in [0.5, 0.6) is 5.75 Å². The van der Waals surface area contributed by atoms with E-state index in [-0.39, 0.29) is 18.6 Å². The van der Waals surface area contributed by atoms with Gasteiger partial charge in [0.25, 0.3) is 5.91 Å². The van der Waals surface area contributed by atoms with Crippen molar-refractivity contribution in [3.8, 4) is 5.75 Å². The third-order valence-electron chi connectivity index (χ3n) is 3.36. The maximum Gasteiger partial charge on any atom is 0.337 e. The molecule has 1 N–H and O–H groups in total. The number of hydrogen-bond donors (Lipinski definition) is 1. The molecule has 0 unspecified atom stereocenters. The summed E-state index contributed by atoms with van der Waals surface area (Å²) in [5.74, 6) is 0.652. The molecule has 1 saturated carbocycles. The third kappa shape index (κ3) is 3.98. The number of methoxy groups -OCH3 is 1. The molecule has 1 atom stereocenters. The Balaban J connectivity index is 1.78. The van der Waals surface area contributed by atoms with E-state index in [9.17, 15) is 9.59 Å². The first kappa shape index (κ1) is 14.4. The van der Waals surface area contributed by atoms with E-state index in [1.54, 1.807) is 24.3 Å². The molecular formula is C15H19NO4. The molecule has 0 bridgehead atoms. The van der Waals surface area contributed by atoms with Crippen molar-refractivity contribution in [3.05, 3.63) is 29.8 Å². The Bertz CT molecular complexity index is 479. The summed E-state index contributed by atoms with van der Waals surface area (Å²) in [5, 5.41) is 2.91. The van der Waals surface area contributed by atoms with Gasteiger partial charge in [-0.05, 0) is 49.9 Å². The van der Waals surface area contributed by atoms with Crippen molar-refractivity contribution in [2.75, 3.05) is 13.7 Å². The average Bonchev–Trinajstić information content (AvgIpc) is 3.29. The van der Waals surface area contributed by atoms with Crippen LogP contribution in [-0.4, -0.2) is 31.6 Å². The Morgan fingerprint density at radius 2 is 1.95 bits per heavy atom. The second-order valence-electron chi connectivity index (χ2n) is 5.00. The topological polar surface area (TPSA) is 64.6 Å². The van der Waals surface area contributed by atoms with Crippen molar-refractivity contribution in [2.45, 2.75) is 25.8 Å². The quantitative estimate of drug-likeness (QED) is 0.805. The van der Waals surface area contributed by atoms with Crippen molar-refractivity contribution in [1.82, 2.24) is 5.32 Å². The number of amides is 1.